The Hall–Kier alpha value is -1.82. The van der Waals surface area contributed by atoms with Crippen molar-refractivity contribution in [3.05, 3.63) is 28.3 Å². The highest BCUT2D eigenvalue weighted by molar-refractivity contribution is 5.68. The van der Waals surface area contributed by atoms with Gasteiger partial charge in [0.05, 0.1) is 11.5 Å². The summed E-state index contributed by atoms with van der Waals surface area (Å²) in [7, 11) is 0. The molecule has 6 nitrogen and oxygen atoms in total. The van der Waals surface area contributed by atoms with E-state index in [2.05, 4.69) is 5.32 Å². The van der Waals surface area contributed by atoms with Crippen LogP contribution in [0.1, 0.15) is 20.3 Å². The number of nitro groups is 1. The molecule has 0 amide bonds. The zero-order chi connectivity index (χ0) is 13.5. The van der Waals surface area contributed by atoms with Gasteiger partial charge in [-0.3, -0.25) is 10.1 Å². The minimum atomic E-state index is -0.434. The van der Waals surface area contributed by atoms with Crippen molar-refractivity contribution in [2.45, 2.75) is 26.3 Å². The standard InChI is InChI=1S/C12H19N3O3/c1-3-7-18-11-6-4-5-10(12(11)15(16)17)14-9(2)8-13/h4-6,9,14H,3,7-8,13H2,1-2H3. The van der Waals surface area contributed by atoms with Crippen molar-refractivity contribution in [3.8, 4) is 5.75 Å². The third-order valence-electron chi connectivity index (χ3n) is 2.40. The number of nitro benzene ring substituents is 1. The topological polar surface area (TPSA) is 90.4 Å². The Morgan fingerprint density at radius 1 is 1.56 bits per heavy atom. The Balaban J connectivity index is 3.05. The van der Waals surface area contributed by atoms with Crippen molar-refractivity contribution < 1.29 is 9.66 Å². The van der Waals surface area contributed by atoms with Crippen LogP contribution in [0.4, 0.5) is 11.4 Å². The molecule has 100 valence electrons. The molecule has 0 radical (unpaired) electrons. The molecule has 1 aromatic carbocycles. The second kappa shape index (κ2) is 6.80. The highest BCUT2D eigenvalue weighted by Gasteiger charge is 2.21. The van der Waals surface area contributed by atoms with Gasteiger partial charge in [0.15, 0.2) is 5.75 Å². The first-order valence-electron chi connectivity index (χ1n) is 5.97. The first-order valence-corrected chi connectivity index (χ1v) is 5.97. The molecule has 0 aliphatic rings. The summed E-state index contributed by atoms with van der Waals surface area (Å²) in [6.07, 6.45) is 0.800. The molecule has 6 heteroatoms. The second-order valence-corrected chi connectivity index (χ2v) is 4.04. The highest BCUT2D eigenvalue weighted by Crippen LogP contribution is 2.35. The predicted molar refractivity (Wildman–Crippen MR) is 71.0 cm³/mol. The number of nitrogens with two attached hydrogens (primary N) is 1. The fourth-order valence-corrected chi connectivity index (χ4v) is 1.48. The predicted octanol–water partition coefficient (Wildman–Crippen LogP) is 2.14. The first kappa shape index (κ1) is 14.2. The molecule has 0 saturated heterocycles. The maximum atomic E-state index is 11.1. The molecule has 0 saturated carbocycles. The number of hydrogen-bond donors (Lipinski definition) is 2. The molecule has 3 N–H and O–H groups in total. The van der Waals surface area contributed by atoms with E-state index in [9.17, 15) is 10.1 Å². The molecule has 0 bridgehead atoms. The van der Waals surface area contributed by atoms with E-state index in [1.807, 2.05) is 13.8 Å². The molecule has 18 heavy (non-hydrogen) atoms. The summed E-state index contributed by atoms with van der Waals surface area (Å²) in [5.41, 5.74) is 5.90. The summed E-state index contributed by atoms with van der Waals surface area (Å²) in [5, 5.41) is 14.1. The number of benzene rings is 1. The lowest BCUT2D eigenvalue weighted by molar-refractivity contribution is -0.385. The molecule has 0 heterocycles. The minimum Gasteiger partial charge on any atom is -0.487 e. The number of anilines is 1. The molecule has 1 rings (SSSR count). The molecular formula is C12H19N3O3. The lowest BCUT2D eigenvalue weighted by atomic mass is 10.2. The SMILES string of the molecule is CCCOc1cccc(NC(C)CN)c1[N+](=O)[O-]. The number of nitrogens with one attached hydrogen (secondary N) is 1. The average molecular weight is 253 g/mol. The van der Waals surface area contributed by atoms with Crippen LogP contribution in [0.15, 0.2) is 18.2 Å². The van der Waals surface area contributed by atoms with Gasteiger partial charge in [0.2, 0.25) is 0 Å². The molecule has 0 aliphatic carbocycles. The van der Waals surface area contributed by atoms with Crippen molar-refractivity contribution in [3.63, 3.8) is 0 Å². The fraction of sp³-hybridized carbons (Fsp3) is 0.500. The minimum absolute atomic E-state index is 0.0359. The quantitative estimate of drug-likeness (QED) is 0.574. The number of nitrogens with zero attached hydrogens (tertiary/aromatic N) is 1. The largest absolute Gasteiger partial charge is 0.487 e. The maximum Gasteiger partial charge on any atom is 0.333 e. The lowest BCUT2D eigenvalue weighted by Crippen LogP contribution is -2.25. The molecule has 0 fully saturated rings. The van der Waals surface area contributed by atoms with E-state index >= 15 is 0 Å². The van der Waals surface area contributed by atoms with Crippen LogP contribution in [0.5, 0.6) is 5.75 Å². The molecule has 1 aromatic rings. The third-order valence-corrected chi connectivity index (χ3v) is 2.40. The zero-order valence-corrected chi connectivity index (χ0v) is 10.7. The Morgan fingerprint density at radius 2 is 2.28 bits per heavy atom. The van der Waals surface area contributed by atoms with Crippen LogP contribution >= 0.6 is 0 Å². The van der Waals surface area contributed by atoms with Gasteiger partial charge in [-0.15, -0.1) is 0 Å². The van der Waals surface area contributed by atoms with Crippen LogP contribution in [-0.4, -0.2) is 24.1 Å². The molecule has 1 unspecified atom stereocenters. The van der Waals surface area contributed by atoms with Crippen molar-refractivity contribution in [2.75, 3.05) is 18.5 Å². The van der Waals surface area contributed by atoms with Crippen molar-refractivity contribution in [2.24, 2.45) is 5.73 Å². The molecular weight excluding hydrogens is 234 g/mol. The number of rotatable bonds is 7. The van der Waals surface area contributed by atoms with E-state index in [1.165, 1.54) is 0 Å². The Labute approximate surface area is 106 Å². The Bertz CT molecular complexity index is 410. The van der Waals surface area contributed by atoms with Gasteiger partial charge in [-0.2, -0.15) is 0 Å². The zero-order valence-electron chi connectivity index (χ0n) is 10.7. The Morgan fingerprint density at radius 3 is 2.83 bits per heavy atom. The van der Waals surface area contributed by atoms with E-state index < -0.39 is 4.92 Å². The first-order chi connectivity index (χ1) is 8.60. The van der Waals surface area contributed by atoms with E-state index in [1.54, 1.807) is 18.2 Å². The number of para-hydroxylation sites is 1. The van der Waals surface area contributed by atoms with Crippen LogP contribution in [-0.2, 0) is 0 Å². The van der Waals surface area contributed by atoms with Crippen LogP contribution in [0.25, 0.3) is 0 Å². The third kappa shape index (κ3) is 3.59. The van der Waals surface area contributed by atoms with Crippen molar-refractivity contribution in [1.29, 1.82) is 0 Å². The molecule has 1 atom stereocenters. The maximum absolute atomic E-state index is 11.1. The highest BCUT2D eigenvalue weighted by atomic mass is 16.6. The van der Waals surface area contributed by atoms with Gasteiger partial charge >= 0.3 is 5.69 Å². The van der Waals surface area contributed by atoms with Crippen LogP contribution in [0, 0.1) is 10.1 Å². The summed E-state index contributed by atoms with van der Waals surface area (Å²) >= 11 is 0. The van der Waals surface area contributed by atoms with E-state index in [0.717, 1.165) is 6.42 Å². The van der Waals surface area contributed by atoms with Crippen LogP contribution in [0.3, 0.4) is 0 Å². The van der Waals surface area contributed by atoms with Gasteiger partial charge in [-0.25, -0.2) is 0 Å². The molecule has 0 aliphatic heterocycles. The number of hydrogen-bond acceptors (Lipinski definition) is 5. The smallest absolute Gasteiger partial charge is 0.333 e. The van der Waals surface area contributed by atoms with Crippen molar-refractivity contribution in [1.82, 2.24) is 0 Å². The normalized spacial score (nSPS) is 11.9. The van der Waals surface area contributed by atoms with Crippen molar-refractivity contribution >= 4 is 11.4 Å². The average Bonchev–Trinajstić information content (AvgIpc) is 2.35. The molecule has 0 aromatic heterocycles. The molecule has 0 spiro atoms. The monoisotopic (exact) mass is 253 g/mol. The lowest BCUT2D eigenvalue weighted by Gasteiger charge is -2.14. The van der Waals surface area contributed by atoms with E-state index in [-0.39, 0.29) is 17.5 Å². The summed E-state index contributed by atoms with van der Waals surface area (Å²) in [6.45, 7) is 4.67. The van der Waals surface area contributed by atoms with Gasteiger partial charge in [0, 0.05) is 12.6 Å². The van der Waals surface area contributed by atoms with E-state index in [0.29, 0.717) is 18.8 Å². The second-order valence-electron chi connectivity index (χ2n) is 4.04. The van der Waals surface area contributed by atoms with Gasteiger partial charge in [0.25, 0.3) is 0 Å². The van der Waals surface area contributed by atoms with Gasteiger partial charge in [-0.05, 0) is 25.5 Å². The summed E-state index contributed by atoms with van der Waals surface area (Å²) in [4.78, 5) is 10.7. The Kier molecular flexibility index (Phi) is 5.38. The fourth-order valence-electron chi connectivity index (χ4n) is 1.48. The van der Waals surface area contributed by atoms with Crippen LogP contribution < -0.4 is 15.8 Å². The van der Waals surface area contributed by atoms with Gasteiger partial charge in [0.1, 0.15) is 5.69 Å². The van der Waals surface area contributed by atoms with E-state index in [4.69, 9.17) is 10.5 Å². The summed E-state index contributed by atoms with van der Waals surface area (Å²) in [5.74, 6) is 0.288. The van der Waals surface area contributed by atoms with Gasteiger partial charge < -0.3 is 15.8 Å². The summed E-state index contributed by atoms with van der Waals surface area (Å²) < 4.78 is 5.39. The number of ether oxygens (including phenoxy) is 1. The van der Waals surface area contributed by atoms with Crippen LogP contribution in [0.2, 0.25) is 0 Å². The van der Waals surface area contributed by atoms with Gasteiger partial charge in [-0.1, -0.05) is 13.0 Å². The summed E-state index contributed by atoms with van der Waals surface area (Å²) in [6, 6.07) is 4.95.